The Morgan fingerprint density at radius 1 is 1.19 bits per heavy atom. The first-order valence-corrected chi connectivity index (χ1v) is 7.17. The fourth-order valence-electron chi connectivity index (χ4n) is 1.70. The van der Waals surface area contributed by atoms with Crippen molar-refractivity contribution in [1.82, 2.24) is 15.2 Å². The van der Waals surface area contributed by atoms with Crippen molar-refractivity contribution in [2.24, 2.45) is 0 Å². The van der Waals surface area contributed by atoms with Gasteiger partial charge in [0.2, 0.25) is 5.95 Å². The molecule has 112 valence electrons. The van der Waals surface area contributed by atoms with Crippen LogP contribution in [-0.4, -0.2) is 27.8 Å². The standard InChI is InChI=1S/C15H21N5O/c1-4-11(3)17-15-19-14(10-16-20-15)18-12-6-8-13(9-7-12)21-5-2/h6-11H,4-5H2,1-3H3,(H2,17,18,19,20). The van der Waals surface area contributed by atoms with E-state index in [4.69, 9.17) is 4.74 Å². The van der Waals surface area contributed by atoms with Gasteiger partial charge in [-0.15, -0.1) is 5.10 Å². The molecule has 0 bridgehead atoms. The summed E-state index contributed by atoms with van der Waals surface area (Å²) in [5.41, 5.74) is 0.924. The second-order valence-corrected chi connectivity index (χ2v) is 4.70. The predicted molar refractivity (Wildman–Crippen MR) is 84.1 cm³/mol. The van der Waals surface area contributed by atoms with E-state index in [0.717, 1.165) is 17.9 Å². The number of benzene rings is 1. The molecule has 6 heteroatoms. The lowest BCUT2D eigenvalue weighted by atomic mass is 10.3. The topological polar surface area (TPSA) is 72.0 Å². The number of nitrogens with one attached hydrogen (secondary N) is 2. The summed E-state index contributed by atoms with van der Waals surface area (Å²) in [7, 11) is 0. The summed E-state index contributed by atoms with van der Waals surface area (Å²) in [4.78, 5) is 4.39. The lowest BCUT2D eigenvalue weighted by Gasteiger charge is -2.11. The van der Waals surface area contributed by atoms with Crippen LogP contribution in [0.15, 0.2) is 30.5 Å². The minimum absolute atomic E-state index is 0.313. The molecule has 1 aromatic carbocycles. The Bertz CT molecular complexity index is 558. The largest absolute Gasteiger partial charge is 0.494 e. The molecular formula is C15H21N5O. The number of hydrogen-bond donors (Lipinski definition) is 2. The summed E-state index contributed by atoms with van der Waals surface area (Å²) in [5, 5.41) is 14.3. The zero-order valence-corrected chi connectivity index (χ0v) is 12.6. The van der Waals surface area contributed by atoms with Crippen molar-refractivity contribution in [3.63, 3.8) is 0 Å². The van der Waals surface area contributed by atoms with E-state index in [1.807, 2.05) is 31.2 Å². The molecule has 1 unspecified atom stereocenters. The van der Waals surface area contributed by atoms with Gasteiger partial charge in [-0.3, -0.25) is 0 Å². The van der Waals surface area contributed by atoms with Crippen molar-refractivity contribution >= 4 is 17.5 Å². The highest BCUT2D eigenvalue weighted by molar-refractivity contribution is 5.57. The van der Waals surface area contributed by atoms with Crippen LogP contribution >= 0.6 is 0 Å². The minimum Gasteiger partial charge on any atom is -0.494 e. The molecule has 6 nitrogen and oxygen atoms in total. The van der Waals surface area contributed by atoms with Crippen LogP contribution in [0.5, 0.6) is 5.75 Å². The third-order valence-corrected chi connectivity index (χ3v) is 2.98. The first-order chi connectivity index (χ1) is 10.2. The van der Waals surface area contributed by atoms with Gasteiger partial charge in [0.05, 0.1) is 12.8 Å². The molecule has 0 radical (unpaired) electrons. The van der Waals surface area contributed by atoms with Gasteiger partial charge < -0.3 is 15.4 Å². The van der Waals surface area contributed by atoms with Crippen LogP contribution in [0.2, 0.25) is 0 Å². The van der Waals surface area contributed by atoms with E-state index in [9.17, 15) is 0 Å². The fraction of sp³-hybridized carbons (Fsp3) is 0.400. The van der Waals surface area contributed by atoms with E-state index in [1.54, 1.807) is 6.20 Å². The van der Waals surface area contributed by atoms with Crippen LogP contribution in [-0.2, 0) is 0 Å². The molecule has 1 heterocycles. The zero-order valence-electron chi connectivity index (χ0n) is 12.6. The van der Waals surface area contributed by atoms with E-state index < -0.39 is 0 Å². The van der Waals surface area contributed by atoms with Gasteiger partial charge in [0.15, 0.2) is 5.82 Å². The van der Waals surface area contributed by atoms with Crippen molar-refractivity contribution in [2.75, 3.05) is 17.2 Å². The molecule has 0 aliphatic rings. The number of anilines is 3. The number of ether oxygens (including phenoxy) is 1. The number of nitrogens with zero attached hydrogens (tertiary/aromatic N) is 3. The second kappa shape index (κ2) is 7.42. The Balaban J connectivity index is 2.03. The Morgan fingerprint density at radius 3 is 2.62 bits per heavy atom. The third-order valence-electron chi connectivity index (χ3n) is 2.98. The first kappa shape index (κ1) is 15.0. The highest BCUT2D eigenvalue weighted by atomic mass is 16.5. The molecule has 2 aromatic rings. The van der Waals surface area contributed by atoms with E-state index in [-0.39, 0.29) is 0 Å². The van der Waals surface area contributed by atoms with Crippen molar-refractivity contribution in [3.8, 4) is 5.75 Å². The molecule has 0 amide bonds. The van der Waals surface area contributed by atoms with Gasteiger partial charge in [-0.25, -0.2) is 0 Å². The third kappa shape index (κ3) is 4.59. The molecule has 0 saturated heterocycles. The highest BCUT2D eigenvalue weighted by Gasteiger charge is 2.04. The molecule has 0 spiro atoms. The molecule has 0 aliphatic carbocycles. The first-order valence-electron chi connectivity index (χ1n) is 7.17. The van der Waals surface area contributed by atoms with E-state index in [1.165, 1.54) is 0 Å². The molecular weight excluding hydrogens is 266 g/mol. The van der Waals surface area contributed by atoms with Crippen molar-refractivity contribution in [2.45, 2.75) is 33.2 Å². The molecule has 0 saturated carbocycles. The zero-order chi connectivity index (χ0) is 15.1. The van der Waals surface area contributed by atoms with Gasteiger partial charge in [0, 0.05) is 11.7 Å². The average molecular weight is 287 g/mol. The minimum atomic E-state index is 0.313. The van der Waals surface area contributed by atoms with Crippen LogP contribution in [0.3, 0.4) is 0 Å². The van der Waals surface area contributed by atoms with Gasteiger partial charge >= 0.3 is 0 Å². The van der Waals surface area contributed by atoms with Crippen molar-refractivity contribution in [3.05, 3.63) is 30.5 Å². The summed E-state index contributed by atoms with van der Waals surface area (Å²) in [5.74, 6) is 2.03. The summed E-state index contributed by atoms with van der Waals surface area (Å²) < 4.78 is 5.41. The van der Waals surface area contributed by atoms with Crippen LogP contribution in [0.4, 0.5) is 17.5 Å². The summed E-state index contributed by atoms with van der Waals surface area (Å²) in [6.45, 7) is 6.81. The van der Waals surface area contributed by atoms with Gasteiger partial charge in [0.1, 0.15) is 5.75 Å². The van der Waals surface area contributed by atoms with Crippen molar-refractivity contribution in [1.29, 1.82) is 0 Å². The van der Waals surface area contributed by atoms with Crippen LogP contribution in [0.1, 0.15) is 27.2 Å². The Morgan fingerprint density at radius 2 is 1.95 bits per heavy atom. The van der Waals surface area contributed by atoms with E-state index >= 15 is 0 Å². The molecule has 21 heavy (non-hydrogen) atoms. The van der Waals surface area contributed by atoms with Crippen LogP contribution in [0, 0.1) is 0 Å². The van der Waals surface area contributed by atoms with Gasteiger partial charge in [-0.1, -0.05) is 6.92 Å². The summed E-state index contributed by atoms with van der Waals surface area (Å²) >= 11 is 0. The maximum Gasteiger partial charge on any atom is 0.244 e. The van der Waals surface area contributed by atoms with E-state index in [0.29, 0.717) is 24.4 Å². The normalized spacial score (nSPS) is 11.8. The van der Waals surface area contributed by atoms with Gasteiger partial charge in [-0.2, -0.15) is 10.1 Å². The average Bonchev–Trinajstić information content (AvgIpc) is 2.50. The maximum absolute atomic E-state index is 5.41. The predicted octanol–water partition coefficient (Wildman–Crippen LogP) is 3.22. The molecule has 2 N–H and O–H groups in total. The molecule has 1 aromatic heterocycles. The Kier molecular flexibility index (Phi) is 5.31. The molecule has 1 atom stereocenters. The molecule has 0 fully saturated rings. The van der Waals surface area contributed by atoms with Crippen molar-refractivity contribution < 1.29 is 4.74 Å². The Hall–Kier alpha value is -2.37. The highest BCUT2D eigenvalue weighted by Crippen LogP contribution is 2.19. The lowest BCUT2D eigenvalue weighted by Crippen LogP contribution is -2.16. The summed E-state index contributed by atoms with van der Waals surface area (Å²) in [6.07, 6.45) is 2.60. The quantitative estimate of drug-likeness (QED) is 0.814. The second-order valence-electron chi connectivity index (χ2n) is 4.70. The smallest absolute Gasteiger partial charge is 0.244 e. The lowest BCUT2D eigenvalue weighted by molar-refractivity contribution is 0.340. The monoisotopic (exact) mass is 287 g/mol. The number of aromatic nitrogens is 3. The van der Waals surface area contributed by atoms with Gasteiger partial charge in [0.25, 0.3) is 0 Å². The number of rotatable bonds is 7. The van der Waals surface area contributed by atoms with Gasteiger partial charge in [-0.05, 0) is 44.5 Å². The fourth-order valence-corrected chi connectivity index (χ4v) is 1.70. The molecule has 0 aliphatic heterocycles. The SMILES string of the molecule is CCOc1ccc(Nc2cnnc(NC(C)CC)n2)cc1. The maximum atomic E-state index is 5.41. The summed E-state index contributed by atoms with van der Waals surface area (Å²) in [6, 6.07) is 8.02. The number of hydrogen-bond acceptors (Lipinski definition) is 6. The van der Waals surface area contributed by atoms with E-state index in [2.05, 4.69) is 39.7 Å². The molecule has 2 rings (SSSR count). The van der Waals surface area contributed by atoms with Crippen LogP contribution < -0.4 is 15.4 Å². The Labute approximate surface area is 125 Å². The van der Waals surface area contributed by atoms with Crippen LogP contribution in [0.25, 0.3) is 0 Å².